The minimum atomic E-state index is -0.332. The molecular formula is C22H27FIN5. The van der Waals surface area contributed by atoms with E-state index in [1.165, 1.54) is 30.5 Å². The molecule has 1 fully saturated rings. The van der Waals surface area contributed by atoms with Crippen LogP contribution in [0.25, 0.3) is 0 Å². The molecule has 0 amide bonds. The highest BCUT2D eigenvalue weighted by atomic mass is 127. The molecule has 0 spiro atoms. The highest BCUT2D eigenvalue weighted by Gasteiger charge is 2.23. The van der Waals surface area contributed by atoms with E-state index < -0.39 is 0 Å². The molecule has 0 radical (unpaired) electrons. The molecule has 29 heavy (non-hydrogen) atoms. The minimum absolute atomic E-state index is 0. The van der Waals surface area contributed by atoms with Crippen LogP contribution in [-0.2, 0) is 6.54 Å². The number of hydrogen-bond donors (Lipinski definition) is 2. The number of rotatable bonds is 6. The van der Waals surface area contributed by atoms with Crippen LogP contribution in [0.4, 0.5) is 4.39 Å². The number of aliphatic imine (C=N–C) groups is 1. The van der Waals surface area contributed by atoms with E-state index >= 15 is 0 Å². The van der Waals surface area contributed by atoms with E-state index in [2.05, 4.69) is 44.8 Å². The molecule has 7 heteroatoms. The summed E-state index contributed by atoms with van der Waals surface area (Å²) >= 11 is 0. The molecule has 0 aromatic heterocycles. The van der Waals surface area contributed by atoms with E-state index in [1.54, 1.807) is 13.1 Å². The second kappa shape index (κ2) is 11.7. The monoisotopic (exact) mass is 507 g/mol. The number of nitrogens with zero attached hydrogens (tertiary/aromatic N) is 3. The van der Waals surface area contributed by atoms with E-state index in [1.807, 2.05) is 12.1 Å². The standard InChI is InChI=1S/C22H26FN5.HI/c1-25-22(26-15-19-13-17(14-24)9-10-20(19)23)27-16-21(28-11-5-6-12-28)18-7-3-2-4-8-18;/h2-4,7-10,13,21H,5-6,11-12,15-16H2,1H3,(H2,25,26,27);1H. The molecule has 2 aromatic carbocycles. The lowest BCUT2D eigenvalue weighted by Crippen LogP contribution is -2.42. The van der Waals surface area contributed by atoms with Crippen LogP contribution >= 0.6 is 24.0 Å². The molecule has 3 rings (SSSR count). The van der Waals surface area contributed by atoms with Gasteiger partial charge in [-0.15, -0.1) is 24.0 Å². The lowest BCUT2D eigenvalue weighted by atomic mass is 10.1. The summed E-state index contributed by atoms with van der Waals surface area (Å²) in [5, 5.41) is 15.5. The summed E-state index contributed by atoms with van der Waals surface area (Å²) in [5.41, 5.74) is 2.17. The molecule has 154 valence electrons. The van der Waals surface area contributed by atoms with Gasteiger partial charge < -0.3 is 10.6 Å². The van der Waals surface area contributed by atoms with Crippen LogP contribution in [0.15, 0.2) is 53.5 Å². The lowest BCUT2D eigenvalue weighted by Gasteiger charge is -2.29. The van der Waals surface area contributed by atoms with Crippen LogP contribution in [-0.4, -0.2) is 37.5 Å². The maximum atomic E-state index is 14.0. The number of benzene rings is 2. The normalized spacial score (nSPS) is 15.3. The van der Waals surface area contributed by atoms with Gasteiger partial charge in [0, 0.05) is 25.7 Å². The molecule has 1 atom stereocenters. The fourth-order valence-electron chi connectivity index (χ4n) is 3.56. The number of halogens is 2. The van der Waals surface area contributed by atoms with E-state index in [0.29, 0.717) is 23.6 Å². The third-order valence-electron chi connectivity index (χ3n) is 5.07. The van der Waals surface area contributed by atoms with Crippen molar-refractivity contribution in [3.8, 4) is 6.07 Å². The van der Waals surface area contributed by atoms with Crippen molar-refractivity contribution in [3.05, 3.63) is 71.0 Å². The Morgan fingerprint density at radius 2 is 1.90 bits per heavy atom. The largest absolute Gasteiger partial charge is 0.354 e. The molecule has 5 nitrogen and oxygen atoms in total. The van der Waals surface area contributed by atoms with Gasteiger partial charge in [-0.25, -0.2) is 4.39 Å². The predicted molar refractivity (Wildman–Crippen MR) is 125 cm³/mol. The van der Waals surface area contributed by atoms with Crippen molar-refractivity contribution in [2.75, 3.05) is 26.7 Å². The Bertz CT molecular complexity index is 844. The van der Waals surface area contributed by atoms with Gasteiger partial charge in [0.25, 0.3) is 0 Å². The van der Waals surface area contributed by atoms with Crippen molar-refractivity contribution in [3.63, 3.8) is 0 Å². The molecule has 1 unspecified atom stereocenters. The first kappa shape index (κ1) is 23.1. The minimum Gasteiger partial charge on any atom is -0.354 e. The molecule has 1 aliphatic rings. The first-order valence-electron chi connectivity index (χ1n) is 9.63. The van der Waals surface area contributed by atoms with Crippen molar-refractivity contribution < 1.29 is 4.39 Å². The van der Waals surface area contributed by atoms with Gasteiger partial charge in [0.1, 0.15) is 5.82 Å². The van der Waals surface area contributed by atoms with Crippen molar-refractivity contribution in [1.82, 2.24) is 15.5 Å². The topological polar surface area (TPSA) is 63.5 Å². The van der Waals surface area contributed by atoms with Crippen LogP contribution in [0, 0.1) is 17.1 Å². The van der Waals surface area contributed by atoms with Gasteiger partial charge in [-0.05, 0) is 49.7 Å². The van der Waals surface area contributed by atoms with Crippen molar-refractivity contribution in [2.24, 2.45) is 4.99 Å². The van der Waals surface area contributed by atoms with Crippen molar-refractivity contribution >= 4 is 29.9 Å². The van der Waals surface area contributed by atoms with E-state index in [9.17, 15) is 4.39 Å². The quantitative estimate of drug-likeness (QED) is 0.355. The number of hydrogen-bond acceptors (Lipinski definition) is 3. The number of likely N-dealkylation sites (tertiary alicyclic amines) is 1. The van der Waals surface area contributed by atoms with Crippen LogP contribution in [0.3, 0.4) is 0 Å². The third kappa shape index (κ3) is 6.41. The number of guanidine groups is 1. The van der Waals surface area contributed by atoms with Gasteiger partial charge in [-0.3, -0.25) is 9.89 Å². The fourth-order valence-corrected chi connectivity index (χ4v) is 3.56. The summed E-state index contributed by atoms with van der Waals surface area (Å²) in [5.74, 6) is 0.281. The molecule has 0 saturated carbocycles. The molecule has 0 bridgehead atoms. The average molecular weight is 507 g/mol. The van der Waals surface area contributed by atoms with Gasteiger partial charge in [-0.2, -0.15) is 5.26 Å². The first-order chi connectivity index (χ1) is 13.7. The van der Waals surface area contributed by atoms with E-state index in [-0.39, 0.29) is 42.4 Å². The Morgan fingerprint density at radius 3 is 2.55 bits per heavy atom. The van der Waals surface area contributed by atoms with Gasteiger partial charge in [0.2, 0.25) is 0 Å². The Labute approximate surface area is 189 Å². The second-order valence-corrected chi connectivity index (χ2v) is 6.89. The average Bonchev–Trinajstić information content (AvgIpc) is 3.27. The zero-order valence-corrected chi connectivity index (χ0v) is 18.9. The van der Waals surface area contributed by atoms with Gasteiger partial charge in [-0.1, -0.05) is 30.3 Å². The smallest absolute Gasteiger partial charge is 0.191 e. The van der Waals surface area contributed by atoms with Crippen LogP contribution in [0.1, 0.15) is 35.6 Å². The highest BCUT2D eigenvalue weighted by molar-refractivity contribution is 14.0. The molecular weight excluding hydrogens is 480 g/mol. The Morgan fingerprint density at radius 1 is 1.17 bits per heavy atom. The third-order valence-corrected chi connectivity index (χ3v) is 5.07. The summed E-state index contributed by atoms with van der Waals surface area (Å²) in [6, 6.07) is 17.1. The zero-order valence-electron chi connectivity index (χ0n) is 16.6. The second-order valence-electron chi connectivity index (χ2n) is 6.89. The molecule has 2 N–H and O–H groups in total. The Kier molecular flexibility index (Phi) is 9.35. The SMILES string of the molecule is CN=C(NCc1cc(C#N)ccc1F)NCC(c1ccccc1)N1CCCC1.I. The van der Waals surface area contributed by atoms with Gasteiger partial charge in [0.05, 0.1) is 17.7 Å². The molecule has 1 saturated heterocycles. The molecule has 1 heterocycles. The zero-order chi connectivity index (χ0) is 19.8. The van der Waals surface area contributed by atoms with Crippen molar-refractivity contribution in [1.29, 1.82) is 5.26 Å². The van der Waals surface area contributed by atoms with Gasteiger partial charge >= 0.3 is 0 Å². The van der Waals surface area contributed by atoms with Crippen LogP contribution < -0.4 is 10.6 Å². The maximum absolute atomic E-state index is 14.0. The maximum Gasteiger partial charge on any atom is 0.191 e. The lowest BCUT2D eigenvalue weighted by molar-refractivity contribution is 0.245. The van der Waals surface area contributed by atoms with Crippen molar-refractivity contribution in [2.45, 2.75) is 25.4 Å². The number of nitriles is 1. The van der Waals surface area contributed by atoms with Crippen LogP contribution in [0.5, 0.6) is 0 Å². The first-order valence-corrected chi connectivity index (χ1v) is 9.63. The number of nitrogens with one attached hydrogen (secondary N) is 2. The Balaban J connectivity index is 0.00000300. The summed E-state index contributed by atoms with van der Waals surface area (Å²) in [6.45, 7) is 3.17. The van der Waals surface area contributed by atoms with E-state index in [4.69, 9.17) is 5.26 Å². The highest BCUT2D eigenvalue weighted by Crippen LogP contribution is 2.24. The van der Waals surface area contributed by atoms with E-state index in [0.717, 1.165) is 13.1 Å². The summed E-state index contributed by atoms with van der Waals surface area (Å²) < 4.78 is 14.0. The summed E-state index contributed by atoms with van der Waals surface area (Å²) in [7, 11) is 1.70. The predicted octanol–water partition coefficient (Wildman–Crippen LogP) is 3.82. The Hall–Kier alpha value is -2.18. The fraction of sp³-hybridized carbons (Fsp3) is 0.364. The summed E-state index contributed by atoms with van der Waals surface area (Å²) in [4.78, 5) is 6.75. The van der Waals surface area contributed by atoms with Gasteiger partial charge in [0.15, 0.2) is 5.96 Å². The summed E-state index contributed by atoms with van der Waals surface area (Å²) in [6.07, 6.45) is 2.45. The van der Waals surface area contributed by atoms with Crippen LogP contribution in [0.2, 0.25) is 0 Å². The molecule has 2 aromatic rings. The molecule has 0 aliphatic carbocycles. The molecule has 1 aliphatic heterocycles.